The smallest absolute Gasteiger partial charge is 0.410 e. The van der Waals surface area contributed by atoms with Gasteiger partial charge in [-0.05, 0) is 57.4 Å². The SMILES string of the molecule is C#Cc1c(C)c(CN2CCN(C(=O)OC(C)(C)C)CC2)cc(S(=O)(=O)F)c1C. The van der Waals surface area contributed by atoms with Gasteiger partial charge < -0.3 is 9.64 Å². The highest BCUT2D eigenvalue weighted by molar-refractivity contribution is 7.86. The van der Waals surface area contributed by atoms with Crippen molar-refractivity contribution < 1.29 is 21.8 Å². The number of amides is 1. The Hall–Kier alpha value is -2.11. The highest BCUT2D eigenvalue weighted by Crippen LogP contribution is 2.28. The molecule has 1 aliphatic heterocycles. The first-order chi connectivity index (χ1) is 12.8. The number of carbonyl (C=O) groups is 1. The van der Waals surface area contributed by atoms with Gasteiger partial charge in [-0.1, -0.05) is 5.92 Å². The molecule has 0 radical (unpaired) electrons. The number of carbonyl (C=O) groups excluding carboxylic acids is 1. The molecular formula is C20H27FN2O4S. The minimum atomic E-state index is -4.87. The molecule has 2 rings (SSSR count). The molecule has 28 heavy (non-hydrogen) atoms. The lowest BCUT2D eigenvalue weighted by atomic mass is 9.97. The lowest BCUT2D eigenvalue weighted by molar-refractivity contribution is 0.0138. The average Bonchev–Trinajstić information content (AvgIpc) is 2.55. The molecule has 154 valence electrons. The van der Waals surface area contributed by atoms with Crippen molar-refractivity contribution in [3.63, 3.8) is 0 Å². The Kier molecular flexibility index (Phi) is 6.41. The molecule has 1 aromatic carbocycles. The van der Waals surface area contributed by atoms with Gasteiger partial charge in [0.1, 0.15) is 10.5 Å². The molecule has 1 aromatic rings. The molecule has 0 N–H and O–H groups in total. The largest absolute Gasteiger partial charge is 0.444 e. The van der Waals surface area contributed by atoms with Gasteiger partial charge in [-0.15, -0.1) is 10.3 Å². The summed E-state index contributed by atoms with van der Waals surface area (Å²) in [5.41, 5.74) is 1.54. The Labute approximate surface area is 166 Å². The summed E-state index contributed by atoms with van der Waals surface area (Å²) in [6.07, 6.45) is 5.18. The number of hydrogen-bond donors (Lipinski definition) is 0. The van der Waals surface area contributed by atoms with Crippen molar-refractivity contribution in [2.75, 3.05) is 26.2 Å². The van der Waals surface area contributed by atoms with Crippen LogP contribution in [-0.4, -0.2) is 56.1 Å². The molecule has 1 heterocycles. The zero-order chi connectivity index (χ0) is 21.3. The maximum atomic E-state index is 13.7. The van der Waals surface area contributed by atoms with Crippen LogP contribution >= 0.6 is 0 Å². The van der Waals surface area contributed by atoms with Gasteiger partial charge >= 0.3 is 16.3 Å². The van der Waals surface area contributed by atoms with Crippen molar-refractivity contribution in [1.29, 1.82) is 0 Å². The highest BCUT2D eigenvalue weighted by atomic mass is 32.3. The number of halogens is 1. The van der Waals surface area contributed by atoms with Crippen LogP contribution in [0.25, 0.3) is 0 Å². The molecule has 0 saturated carbocycles. The number of hydrogen-bond acceptors (Lipinski definition) is 5. The minimum absolute atomic E-state index is 0.251. The van der Waals surface area contributed by atoms with Crippen LogP contribution in [0.3, 0.4) is 0 Å². The van der Waals surface area contributed by atoms with Crippen molar-refractivity contribution >= 4 is 16.3 Å². The third-order valence-electron chi connectivity index (χ3n) is 4.73. The van der Waals surface area contributed by atoms with E-state index in [1.54, 1.807) is 4.90 Å². The molecule has 1 amide bonds. The van der Waals surface area contributed by atoms with E-state index in [0.29, 0.717) is 43.9 Å². The Balaban J connectivity index is 2.16. The van der Waals surface area contributed by atoms with Crippen molar-refractivity contribution in [2.45, 2.75) is 51.7 Å². The molecule has 1 saturated heterocycles. The number of ether oxygens (including phenoxy) is 1. The molecule has 0 bridgehead atoms. The van der Waals surface area contributed by atoms with Crippen LogP contribution in [-0.2, 0) is 21.5 Å². The highest BCUT2D eigenvalue weighted by Gasteiger charge is 2.27. The molecule has 0 unspecified atom stereocenters. The number of terminal acetylenes is 1. The van der Waals surface area contributed by atoms with E-state index < -0.39 is 15.8 Å². The standard InChI is InChI=1S/C20H27FN2O4S/c1-7-17-14(2)16(12-18(15(17)3)28(21,25)26)13-22-8-10-23(11-9-22)19(24)27-20(4,5)6/h1,12H,8-11,13H2,2-6H3. The Morgan fingerprint density at radius 2 is 1.79 bits per heavy atom. The number of piperazine rings is 1. The fourth-order valence-electron chi connectivity index (χ4n) is 3.23. The average molecular weight is 411 g/mol. The van der Waals surface area contributed by atoms with E-state index in [4.69, 9.17) is 11.2 Å². The second-order valence-corrected chi connectivity index (χ2v) is 9.30. The molecule has 6 nitrogen and oxygen atoms in total. The summed E-state index contributed by atoms with van der Waals surface area (Å²) >= 11 is 0. The van der Waals surface area contributed by atoms with Crippen LogP contribution in [0.15, 0.2) is 11.0 Å². The molecule has 1 aliphatic rings. The quantitative estimate of drug-likeness (QED) is 0.566. The number of rotatable bonds is 3. The van der Waals surface area contributed by atoms with E-state index in [1.165, 1.54) is 13.0 Å². The van der Waals surface area contributed by atoms with Crippen molar-refractivity contribution in [3.8, 4) is 12.3 Å². The second kappa shape index (κ2) is 8.10. The molecule has 0 atom stereocenters. The third kappa shape index (κ3) is 5.24. The van der Waals surface area contributed by atoms with Gasteiger partial charge in [-0.3, -0.25) is 4.90 Å². The van der Waals surface area contributed by atoms with Crippen molar-refractivity contribution in [2.24, 2.45) is 0 Å². The van der Waals surface area contributed by atoms with Gasteiger partial charge in [0.2, 0.25) is 0 Å². The van der Waals surface area contributed by atoms with Crippen LogP contribution in [0.1, 0.15) is 43.0 Å². The maximum absolute atomic E-state index is 13.7. The van der Waals surface area contributed by atoms with Gasteiger partial charge in [0.25, 0.3) is 0 Å². The predicted molar refractivity (Wildman–Crippen MR) is 105 cm³/mol. The zero-order valence-corrected chi connectivity index (χ0v) is 17.8. The van der Waals surface area contributed by atoms with Crippen LogP contribution in [0.5, 0.6) is 0 Å². The summed E-state index contributed by atoms with van der Waals surface area (Å²) in [4.78, 5) is 15.5. The molecule has 0 aliphatic carbocycles. The summed E-state index contributed by atoms with van der Waals surface area (Å²) in [6.45, 7) is 11.4. The monoisotopic (exact) mass is 410 g/mol. The zero-order valence-electron chi connectivity index (χ0n) is 17.0. The number of benzene rings is 1. The van der Waals surface area contributed by atoms with Gasteiger partial charge in [-0.25, -0.2) is 4.79 Å². The Morgan fingerprint density at radius 3 is 2.25 bits per heavy atom. The summed E-state index contributed by atoms with van der Waals surface area (Å²) < 4.78 is 42.1. The van der Waals surface area contributed by atoms with Gasteiger partial charge in [0.05, 0.1) is 0 Å². The van der Waals surface area contributed by atoms with E-state index in [1.807, 2.05) is 27.7 Å². The first-order valence-electron chi connectivity index (χ1n) is 9.08. The summed E-state index contributed by atoms with van der Waals surface area (Å²) in [5.74, 6) is 2.48. The Bertz CT molecular complexity index is 906. The van der Waals surface area contributed by atoms with Crippen molar-refractivity contribution in [3.05, 3.63) is 28.3 Å². The van der Waals surface area contributed by atoms with Crippen molar-refractivity contribution in [1.82, 2.24) is 9.80 Å². The van der Waals surface area contributed by atoms with E-state index in [-0.39, 0.29) is 16.6 Å². The number of nitrogens with zero attached hydrogens (tertiary/aromatic N) is 2. The van der Waals surface area contributed by atoms with Crippen LogP contribution in [0.2, 0.25) is 0 Å². The summed E-state index contributed by atoms with van der Waals surface area (Å²) in [5, 5.41) is 0. The van der Waals surface area contributed by atoms with E-state index in [2.05, 4.69) is 10.8 Å². The normalized spacial score (nSPS) is 16.0. The Morgan fingerprint density at radius 1 is 1.21 bits per heavy atom. The fourth-order valence-corrected chi connectivity index (χ4v) is 3.98. The topological polar surface area (TPSA) is 66.9 Å². The van der Waals surface area contributed by atoms with Gasteiger partial charge in [0, 0.05) is 38.3 Å². The van der Waals surface area contributed by atoms with Crippen LogP contribution in [0, 0.1) is 26.2 Å². The van der Waals surface area contributed by atoms with Crippen LogP contribution < -0.4 is 0 Å². The van der Waals surface area contributed by atoms with Gasteiger partial charge in [-0.2, -0.15) is 8.42 Å². The van der Waals surface area contributed by atoms with E-state index >= 15 is 0 Å². The predicted octanol–water partition coefficient (Wildman–Crippen LogP) is 3.00. The van der Waals surface area contributed by atoms with E-state index in [9.17, 15) is 17.1 Å². The maximum Gasteiger partial charge on any atom is 0.410 e. The fraction of sp³-hybridized carbons (Fsp3) is 0.550. The molecule has 1 fully saturated rings. The lowest BCUT2D eigenvalue weighted by Crippen LogP contribution is -2.49. The van der Waals surface area contributed by atoms with Crippen LogP contribution in [0.4, 0.5) is 8.68 Å². The molecule has 0 spiro atoms. The first-order valence-corrected chi connectivity index (χ1v) is 10.5. The third-order valence-corrected chi connectivity index (χ3v) is 5.68. The molecule has 8 heteroatoms. The summed E-state index contributed by atoms with van der Waals surface area (Å²) in [7, 11) is -4.87. The molecule has 0 aromatic heterocycles. The minimum Gasteiger partial charge on any atom is -0.444 e. The first kappa shape index (κ1) is 22.2. The summed E-state index contributed by atoms with van der Waals surface area (Å²) in [6, 6.07) is 1.36. The van der Waals surface area contributed by atoms with E-state index in [0.717, 1.165) is 5.56 Å². The van der Waals surface area contributed by atoms with Gasteiger partial charge in [0.15, 0.2) is 0 Å². The second-order valence-electron chi connectivity index (χ2n) is 7.98. The lowest BCUT2D eigenvalue weighted by Gasteiger charge is -2.36. The molecular weight excluding hydrogens is 383 g/mol.